The topological polar surface area (TPSA) is 55.4 Å². The van der Waals surface area contributed by atoms with E-state index in [2.05, 4.69) is 27.3 Å². The third-order valence-electron chi connectivity index (χ3n) is 3.62. The van der Waals surface area contributed by atoms with Crippen LogP contribution in [0.2, 0.25) is 0 Å². The van der Waals surface area contributed by atoms with Crippen molar-refractivity contribution in [2.45, 2.75) is 31.2 Å². The summed E-state index contributed by atoms with van der Waals surface area (Å²) in [5.41, 5.74) is 2.11. The highest BCUT2D eigenvalue weighted by molar-refractivity contribution is 14.1. The van der Waals surface area contributed by atoms with Gasteiger partial charge in [0.25, 0.3) is 0 Å². The largest absolute Gasteiger partial charge is 0.496 e. The first-order valence-electron chi connectivity index (χ1n) is 7.30. The fraction of sp³-hybridized carbons (Fsp3) is 0.294. The SMILES string of the molecule is CC[C@@H](NS(=O)(=O)c1ccc(OC)c(I)c1)c1ccc(C)cc1. The van der Waals surface area contributed by atoms with Gasteiger partial charge >= 0.3 is 0 Å². The molecule has 0 aliphatic heterocycles. The van der Waals surface area contributed by atoms with Gasteiger partial charge in [0.1, 0.15) is 5.75 Å². The summed E-state index contributed by atoms with van der Waals surface area (Å²) in [6.07, 6.45) is 0.676. The molecule has 6 heteroatoms. The van der Waals surface area contributed by atoms with Gasteiger partial charge in [-0.1, -0.05) is 36.8 Å². The van der Waals surface area contributed by atoms with Gasteiger partial charge in [-0.2, -0.15) is 0 Å². The highest BCUT2D eigenvalue weighted by atomic mass is 127. The Balaban J connectivity index is 2.28. The third kappa shape index (κ3) is 4.45. The quantitative estimate of drug-likeness (QED) is 0.684. The number of halogens is 1. The number of ether oxygens (including phenoxy) is 1. The number of rotatable bonds is 6. The number of benzene rings is 2. The van der Waals surface area contributed by atoms with E-state index in [1.165, 1.54) is 0 Å². The monoisotopic (exact) mass is 445 g/mol. The second kappa shape index (κ2) is 7.63. The summed E-state index contributed by atoms with van der Waals surface area (Å²) in [6.45, 7) is 3.97. The van der Waals surface area contributed by atoms with E-state index >= 15 is 0 Å². The van der Waals surface area contributed by atoms with Gasteiger partial charge in [-0.15, -0.1) is 0 Å². The highest BCUT2D eigenvalue weighted by Crippen LogP contribution is 2.26. The molecule has 0 aromatic heterocycles. The van der Waals surface area contributed by atoms with Crippen LogP contribution in [0.25, 0.3) is 0 Å². The molecule has 2 aromatic carbocycles. The molecule has 124 valence electrons. The van der Waals surface area contributed by atoms with E-state index in [4.69, 9.17) is 4.74 Å². The first-order valence-corrected chi connectivity index (χ1v) is 9.86. The fourth-order valence-corrected chi connectivity index (χ4v) is 4.54. The molecule has 1 N–H and O–H groups in total. The number of aryl methyl sites for hydroxylation is 1. The minimum Gasteiger partial charge on any atom is -0.496 e. The Hall–Kier alpha value is -1.12. The minimum absolute atomic E-state index is 0.244. The summed E-state index contributed by atoms with van der Waals surface area (Å²) in [7, 11) is -2.02. The van der Waals surface area contributed by atoms with E-state index in [-0.39, 0.29) is 10.9 Å². The molecule has 2 rings (SSSR count). The van der Waals surface area contributed by atoms with Crippen LogP contribution in [0.4, 0.5) is 0 Å². The molecule has 0 amide bonds. The molecule has 0 spiro atoms. The Bertz CT molecular complexity index is 773. The lowest BCUT2D eigenvalue weighted by molar-refractivity contribution is 0.411. The zero-order valence-corrected chi connectivity index (χ0v) is 16.3. The average molecular weight is 445 g/mol. The fourth-order valence-electron chi connectivity index (χ4n) is 2.26. The molecule has 4 nitrogen and oxygen atoms in total. The molecule has 0 saturated carbocycles. The van der Waals surface area contributed by atoms with Crippen LogP contribution in [0.15, 0.2) is 47.4 Å². The zero-order chi connectivity index (χ0) is 17.0. The van der Waals surface area contributed by atoms with Crippen molar-refractivity contribution < 1.29 is 13.2 Å². The maximum atomic E-state index is 12.6. The summed E-state index contributed by atoms with van der Waals surface area (Å²) >= 11 is 2.07. The van der Waals surface area contributed by atoms with Crippen LogP contribution in [-0.2, 0) is 10.0 Å². The normalized spacial score (nSPS) is 12.9. The van der Waals surface area contributed by atoms with Gasteiger partial charge < -0.3 is 4.74 Å². The van der Waals surface area contributed by atoms with Crippen molar-refractivity contribution in [3.05, 3.63) is 57.2 Å². The van der Waals surface area contributed by atoms with E-state index in [9.17, 15) is 8.42 Å². The average Bonchev–Trinajstić information content (AvgIpc) is 2.53. The summed E-state index contributed by atoms with van der Waals surface area (Å²) < 4.78 is 34.0. The van der Waals surface area contributed by atoms with E-state index in [1.54, 1.807) is 25.3 Å². The molecule has 0 aliphatic carbocycles. The van der Waals surface area contributed by atoms with Crippen LogP contribution in [0, 0.1) is 10.5 Å². The van der Waals surface area contributed by atoms with Crippen LogP contribution < -0.4 is 9.46 Å². The van der Waals surface area contributed by atoms with Crippen LogP contribution >= 0.6 is 22.6 Å². The summed E-state index contributed by atoms with van der Waals surface area (Å²) in [5.74, 6) is 0.662. The Morgan fingerprint density at radius 3 is 2.35 bits per heavy atom. The summed E-state index contributed by atoms with van der Waals surface area (Å²) in [6, 6.07) is 12.5. The second-order valence-corrected chi connectivity index (χ2v) is 8.17. The van der Waals surface area contributed by atoms with Crippen LogP contribution in [0.5, 0.6) is 5.75 Å². The van der Waals surface area contributed by atoms with E-state index < -0.39 is 10.0 Å². The van der Waals surface area contributed by atoms with Crippen molar-refractivity contribution in [2.75, 3.05) is 7.11 Å². The van der Waals surface area contributed by atoms with Crippen LogP contribution in [0.1, 0.15) is 30.5 Å². The summed E-state index contributed by atoms with van der Waals surface area (Å²) in [5, 5.41) is 0. The van der Waals surface area contributed by atoms with Gasteiger partial charge in [-0.25, -0.2) is 13.1 Å². The Labute approximate surface area is 151 Å². The molecule has 0 fully saturated rings. The first kappa shape index (κ1) is 18.2. The standard InChI is InChI=1S/C17H20INO3S/c1-4-16(13-7-5-12(2)6-8-13)19-23(20,21)14-9-10-17(22-3)15(18)11-14/h5-11,16,19H,4H2,1-3H3/t16-/m1/s1. The smallest absolute Gasteiger partial charge is 0.241 e. The molecule has 0 bridgehead atoms. The predicted molar refractivity (Wildman–Crippen MR) is 100 cm³/mol. The molecule has 2 aromatic rings. The molecular formula is C17H20INO3S. The summed E-state index contributed by atoms with van der Waals surface area (Å²) in [4.78, 5) is 0.244. The number of nitrogens with one attached hydrogen (secondary N) is 1. The highest BCUT2D eigenvalue weighted by Gasteiger charge is 2.21. The molecule has 0 radical (unpaired) electrons. The van der Waals surface area contributed by atoms with Gasteiger partial charge in [0.05, 0.1) is 15.6 Å². The lowest BCUT2D eigenvalue weighted by atomic mass is 10.0. The van der Waals surface area contributed by atoms with Crippen molar-refractivity contribution >= 4 is 32.6 Å². The first-order chi connectivity index (χ1) is 10.9. The molecule has 0 unspecified atom stereocenters. The molecule has 0 heterocycles. The lowest BCUT2D eigenvalue weighted by Crippen LogP contribution is -2.28. The van der Waals surface area contributed by atoms with Crippen molar-refractivity contribution in [3.8, 4) is 5.75 Å². The molecular weight excluding hydrogens is 425 g/mol. The Morgan fingerprint density at radius 1 is 1.17 bits per heavy atom. The molecule has 0 saturated heterocycles. The number of hydrogen-bond donors (Lipinski definition) is 1. The van der Waals surface area contributed by atoms with Crippen molar-refractivity contribution in [2.24, 2.45) is 0 Å². The van der Waals surface area contributed by atoms with Gasteiger partial charge in [0.15, 0.2) is 0 Å². The predicted octanol–water partition coefficient (Wildman–Crippen LogP) is 4.04. The zero-order valence-electron chi connectivity index (χ0n) is 13.3. The minimum atomic E-state index is -3.59. The van der Waals surface area contributed by atoms with Crippen molar-refractivity contribution in [1.82, 2.24) is 4.72 Å². The van der Waals surface area contributed by atoms with Gasteiger partial charge in [-0.3, -0.25) is 0 Å². The van der Waals surface area contributed by atoms with E-state index in [0.717, 1.165) is 14.7 Å². The number of sulfonamides is 1. The number of methoxy groups -OCH3 is 1. The Morgan fingerprint density at radius 2 is 1.83 bits per heavy atom. The molecule has 23 heavy (non-hydrogen) atoms. The maximum absolute atomic E-state index is 12.6. The second-order valence-electron chi connectivity index (χ2n) is 5.29. The van der Waals surface area contributed by atoms with Crippen LogP contribution in [0.3, 0.4) is 0 Å². The number of hydrogen-bond acceptors (Lipinski definition) is 3. The van der Waals surface area contributed by atoms with E-state index in [0.29, 0.717) is 12.2 Å². The van der Waals surface area contributed by atoms with Gasteiger partial charge in [0, 0.05) is 6.04 Å². The van der Waals surface area contributed by atoms with Gasteiger partial charge in [-0.05, 0) is 59.7 Å². The third-order valence-corrected chi connectivity index (χ3v) is 5.93. The lowest BCUT2D eigenvalue weighted by Gasteiger charge is -2.18. The van der Waals surface area contributed by atoms with Crippen LogP contribution in [-0.4, -0.2) is 15.5 Å². The molecule has 1 atom stereocenters. The van der Waals surface area contributed by atoms with E-state index in [1.807, 2.05) is 38.1 Å². The maximum Gasteiger partial charge on any atom is 0.241 e. The van der Waals surface area contributed by atoms with Crippen molar-refractivity contribution in [1.29, 1.82) is 0 Å². The van der Waals surface area contributed by atoms with Crippen molar-refractivity contribution in [3.63, 3.8) is 0 Å². The Kier molecular flexibility index (Phi) is 6.05. The molecule has 0 aliphatic rings. The van der Waals surface area contributed by atoms with Gasteiger partial charge in [0.2, 0.25) is 10.0 Å².